The van der Waals surface area contributed by atoms with E-state index in [-0.39, 0.29) is 36.7 Å². The Morgan fingerprint density at radius 3 is 2.81 bits per heavy atom. The van der Waals surface area contributed by atoms with E-state index in [9.17, 15) is 5.11 Å². The number of likely N-dealkylation sites (N-methyl/N-ethyl adjacent to an activating group) is 1. The van der Waals surface area contributed by atoms with Gasteiger partial charge in [-0.1, -0.05) is 11.6 Å². The van der Waals surface area contributed by atoms with Gasteiger partial charge in [-0.2, -0.15) is 0 Å². The van der Waals surface area contributed by atoms with E-state index in [0.717, 1.165) is 38.8 Å². The van der Waals surface area contributed by atoms with Crippen molar-refractivity contribution in [3.8, 4) is 0 Å². The molecule has 0 aromatic carbocycles. The summed E-state index contributed by atoms with van der Waals surface area (Å²) in [6.07, 6.45) is 7.35. The third kappa shape index (κ3) is 6.54. The van der Waals surface area contributed by atoms with Gasteiger partial charge >= 0.3 is 0 Å². The monoisotopic (exact) mass is 429 g/mol. The zero-order chi connectivity index (χ0) is 22.0. The maximum absolute atomic E-state index is 9.74. The summed E-state index contributed by atoms with van der Waals surface area (Å²) in [7, 11) is 13.3. The molecule has 0 spiro atoms. The molecule has 5 N–H and O–H groups in total. The summed E-state index contributed by atoms with van der Waals surface area (Å²) in [5.74, 6) is 0.371. The zero-order valence-electron chi connectivity index (χ0n) is 18.8. The smallest absolute Gasteiger partial charge is 0.120 e. The van der Waals surface area contributed by atoms with Gasteiger partial charge in [-0.25, -0.2) is 0 Å². The maximum atomic E-state index is 9.74. The molecule has 0 amide bonds. The maximum Gasteiger partial charge on any atom is 0.120 e. The molecular weight excluding hydrogens is 392 g/mol. The van der Waals surface area contributed by atoms with Crippen LogP contribution in [-0.4, -0.2) is 101 Å². The number of aliphatic hydroxyl groups is 1. The van der Waals surface area contributed by atoms with E-state index in [1.54, 1.807) is 0 Å². The molecule has 4 aliphatic rings. The fourth-order valence-electron chi connectivity index (χ4n) is 5.57. The van der Waals surface area contributed by atoms with E-state index >= 15 is 0 Å². The highest BCUT2D eigenvalue weighted by atomic mass is 16.6. The highest BCUT2D eigenvalue weighted by Gasteiger charge is 2.43. The molecule has 0 bridgehead atoms. The van der Waals surface area contributed by atoms with Gasteiger partial charge in [0.1, 0.15) is 22.0 Å². The average molecular weight is 429 g/mol. The highest BCUT2D eigenvalue weighted by Crippen LogP contribution is 2.38. The molecule has 0 aromatic rings. The molecular formula is C21H37B2N5O3. The van der Waals surface area contributed by atoms with Crippen LogP contribution in [0.4, 0.5) is 0 Å². The summed E-state index contributed by atoms with van der Waals surface area (Å²) in [6, 6.07) is 0.514. The summed E-state index contributed by atoms with van der Waals surface area (Å²) in [6.45, 7) is 5.59. The second kappa shape index (κ2) is 10.2. The fraction of sp³-hybridized carbons (Fsp3) is 0.905. The van der Waals surface area contributed by atoms with E-state index < -0.39 is 5.52 Å². The first kappa shape index (κ1) is 23.7. The van der Waals surface area contributed by atoms with E-state index in [1.807, 2.05) is 0 Å². The molecule has 1 saturated carbocycles. The average Bonchev–Trinajstić information content (AvgIpc) is 2.90. The van der Waals surface area contributed by atoms with Gasteiger partial charge in [0.2, 0.25) is 0 Å². The van der Waals surface area contributed by atoms with Crippen molar-refractivity contribution in [1.82, 2.24) is 26.2 Å². The van der Waals surface area contributed by atoms with Crippen molar-refractivity contribution in [3.05, 3.63) is 11.6 Å². The number of rotatable bonds is 5. The Morgan fingerprint density at radius 1 is 1.19 bits per heavy atom. The van der Waals surface area contributed by atoms with Crippen molar-refractivity contribution < 1.29 is 14.6 Å². The van der Waals surface area contributed by atoms with Crippen LogP contribution in [0.3, 0.4) is 0 Å². The largest absolute Gasteiger partial charge is 0.395 e. The van der Waals surface area contributed by atoms with E-state index in [2.05, 4.69) is 46.2 Å². The number of fused-ring (bicyclic) bond motifs is 1. The van der Waals surface area contributed by atoms with Gasteiger partial charge in [0, 0.05) is 30.1 Å². The second-order valence-electron chi connectivity index (χ2n) is 9.76. The predicted octanol–water partition coefficient (Wildman–Crippen LogP) is -1.10. The Kier molecular flexibility index (Phi) is 7.81. The third-order valence-corrected chi connectivity index (χ3v) is 6.91. The summed E-state index contributed by atoms with van der Waals surface area (Å²) < 4.78 is 12.4. The number of ether oxygens (including phenoxy) is 2. The fourth-order valence-corrected chi connectivity index (χ4v) is 5.57. The van der Waals surface area contributed by atoms with Crippen LogP contribution in [0.25, 0.3) is 0 Å². The molecule has 7 unspecified atom stereocenters. The van der Waals surface area contributed by atoms with Crippen LogP contribution in [0, 0.1) is 5.92 Å². The number of nitrogens with one attached hydrogen (secondary N) is 4. The number of nitrogens with zero attached hydrogens (tertiary/aromatic N) is 1. The second-order valence-corrected chi connectivity index (χ2v) is 9.76. The third-order valence-electron chi connectivity index (χ3n) is 6.91. The summed E-state index contributed by atoms with van der Waals surface area (Å²) >= 11 is 0. The molecule has 2 saturated heterocycles. The molecule has 10 heteroatoms. The van der Waals surface area contributed by atoms with Crippen LogP contribution in [0.2, 0.25) is 0 Å². The van der Waals surface area contributed by atoms with Gasteiger partial charge in [-0.15, -0.1) is 0 Å². The van der Waals surface area contributed by atoms with Gasteiger partial charge in [-0.3, -0.25) is 21.3 Å². The minimum Gasteiger partial charge on any atom is -0.395 e. The van der Waals surface area contributed by atoms with Crippen LogP contribution in [0.15, 0.2) is 11.6 Å². The molecule has 31 heavy (non-hydrogen) atoms. The summed E-state index contributed by atoms with van der Waals surface area (Å²) in [4.78, 5) is 2.38. The predicted molar refractivity (Wildman–Crippen MR) is 121 cm³/mol. The number of hydrogen-bond acceptors (Lipinski definition) is 8. The molecule has 1 aliphatic carbocycles. The molecule has 0 aromatic heterocycles. The molecule has 170 valence electrons. The molecule has 4 radical (unpaired) electrons. The van der Waals surface area contributed by atoms with Crippen molar-refractivity contribution in [3.63, 3.8) is 0 Å². The Hall–Kier alpha value is -0.450. The minimum atomic E-state index is -1.91. The first-order valence-corrected chi connectivity index (χ1v) is 11.7. The number of hydrogen-bond donors (Lipinski definition) is 5. The van der Waals surface area contributed by atoms with Crippen molar-refractivity contribution in [2.75, 3.05) is 33.4 Å². The minimum absolute atomic E-state index is 0.111. The Labute approximate surface area is 189 Å². The Morgan fingerprint density at radius 2 is 2.00 bits per heavy atom. The summed E-state index contributed by atoms with van der Waals surface area (Å²) in [5, 5.41) is 23.3. The quantitative estimate of drug-likeness (QED) is 0.214. The first-order chi connectivity index (χ1) is 14.8. The standard InChI is InChI=1S/C21H37B2N5O3/c1-13-10-18(27-21(22,23)29)26-20(24-13)25-15-11-16(14-4-3-6-28(2)7-5-14)19-17(12-15)30-8-9-31-19/h5,13,15-20,24-27,29H,3-4,6-12H2,1-2H3. The lowest BCUT2D eigenvalue weighted by Crippen LogP contribution is -2.71. The highest BCUT2D eigenvalue weighted by molar-refractivity contribution is 6.38. The molecule has 8 nitrogen and oxygen atoms in total. The topological polar surface area (TPSA) is 90.0 Å². The molecule has 3 heterocycles. The molecule has 4 rings (SSSR count). The van der Waals surface area contributed by atoms with Gasteiger partial charge in [0.05, 0.1) is 31.6 Å². The first-order valence-electron chi connectivity index (χ1n) is 11.7. The zero-order valence-corrected chi connectivity index (χ0v) is 18.8. The van der Waals surface area contributed by atoms with Gasteiger partial charge in [0.25, 0.3) is 0 Å². The normalized spacial score (nSPS) is 40.6. The van der Waals surface area contributed by atoms with Crippen molar-refractivity contribution in [2.45, 2.75) is 81.3 Å². The lowest BCUT2D eigenvalue weighted by atomic mass is 9.73. The van der Waals surface area contributed by atoms with Crippen LogP contribution < -0.4 is 21.3 Å². The lowest BCUT2D eigenvalue weighted by molar-refractivity contribution is -0.173. The van der Waals surface area contributed by atoms with E-state index in [4.69, 9.17) is 25.2 Å². The Balaban J connectivity index is 1.43. The van der Waals surface area contributed by atoms with Crippen LogP contribution >= 0.6 is 0 Å². The molecule has 3 aliphatic heterocycles. The Bertz CT molecular complexity index is 635. The van der Waals surface area contributed by atoms with E-state index in [1.165, 1.54) is 12.0 Å². The van der Waals surface area contributed by atoms with Gasteiger partial charge in [-0.05, 0) is 52.6 Å². The lowest BCUT2D eigenvalue weighted by Gasteiger charge is -2.47. The van der Waals surface area contributed by atoms with Crippen molar-refractivity contribution in [1.29, 1.82) is 0 Å². The molecule has 7 atom stereocenters. The SMILES string of the molecule is [B]C([B])(O)NC1CC(C)NC(NC2CC3OCCOC3C(C3=CCN(C)CCC3)C2)N1. The van der Waals surface area contributed by atoms with Crippen LogP contribution in [-0.2, 0) is 9.47 Å². The summed E-state index contributed by atoms with van der Waals surface area (Å²) in [5.41, 5.74) is -0.389. The van der Waals surface area contributed by atoms with Gasteiger partial charge < -0.3 is 19.5 Å². The van der Waals surface area contributed by atoms with Crippen molar-refractivity contribution >= 4 is 15.7 Å². The van der Waals surface area contributed by atoms with Crippen LogP contribution in [0.1, 0.15) is 39.0 Å². The van der Waals surface area contributed by atoms with Gasteiger partial charge in [0.15, 0.2) is 0 Å². The van der Waals surface area contributed by atoms with E-state index in [0.29, 0.717) is 19.1 Å². The van der Waals surface area contributed by atoms with Crippen molar-refractivity contribution in [2.24, 2.45) is 5.92 Å². The molecule has 3 fully saturated rings. The van der Waals surface area contributed by atoms with Crippen LogP contribution in [0.5, 0.6) is 0 Å².